The minimum atomic E-state index is -0.140. The molecule has 5 heteroatoms. The van der Waals surface area contributed by atoms with Crippen molar-refractivity contribution in [1.29, 1.82) is 0 Å². The third kappa shape index (κ3) is 3.96. The van der Waals surface area contributed by atoms with Crippen LogP contribution in [0, 0.1) is 5.92 Å². The zero-order valence-corrected chi connectivity index (χ0v) is 13.9. The molecule has 0 bridgehead atoms. The lowest BCUT2D eigenvalue weighted by molar-refractivity contribution is 0.0670. The van der Waals surface area contributed by atoms with E-state index in [-0.39, 0.29) is 11.5 Å². The predicted octanol–water partition coefficient (Wildman–Crippen LogP) is 2.69. The molecule has 1 saturated carbocycles. The summed E-state index contributed by atoms with van der Waals surface area (Å²) < 4.78 is 1.41. The van der Waals surface area contributed by atoms with Crippen LogP contribution in [0.2, 0.25) is 0 Å². The largest absolute Gasteiger partial charge is 0.337 e. The van der Waals surface area contributed by atoms with E-state index < -0.39 is 0 Å². The Morgan fingerprint density at radius 2 is 2.00 bits per heavy atom. The van der Waals surface area contributed by atoms with E-state index in [0.717, 1.165) is 31.6 Å². The maximum absolute atomic E-state index is 12.6. The van der Waals surface area contributed by atoms with Crippen LogP contribution in [0.5, 0.6) is 0 Å². The zero-order valence-electron chi connectivity index (χ0n) is 13.9. The summed E-state index contributed by atoms with van der Waals surface area (Å²) in [6.07, 6.45) is 6.34. The number of amides is 1. The van der Waals surface area contributed by atoms with E-state index in [1.165, 1.54) is 23.6 Å². The van der Waals surface area contributed by atoms with Crippen LogP contribution >= 0.6 is 0 Å². The van der Waals surface area contributed by atoms with Gasteiger partial charge < -0.3 is 4.90 Å². The molecule has 0 aliphatic heterocycles. The third-order valence-electron chi connectivity index (χ3n) is 4.66. The van der Waals surface area contributed by atoms with Crippen molar-refractivity contribution in [3.63, 3.8) is 0 Å². The van der Waals surface area contributed by atoms with Crippen molar-refractivity contribution in [2.24, 2.45) is 5.92 Å². The fraction of sp³-hybridized carbons (Fsp3) is 0.706. The molecule has 22 heavy (non-hydrogen) atoms. The van der Waals surface area contributed by atoms with Gasteiger partial charge in [0.15, 0.2) is 0 Å². The number of rotatable bonds is 5. The van der Waals surface area contributed by atoms with Gasteiger partial charge in [0.25, 0.3) is 11.5 Å². The van der Waals surface area contributed by atoms with Gasteiger partial charge in [-0.1, -0.05) is 20.3 Å². The van der Waals surface area contributed by atoms with Gasteiger partial charge in [-0.3, -0.25) is 9.59 Å². The lowest BCUT2D eigenvalue weighted by Gasteiger charge is -2.33. The van der Waals surface area contributed by atoms with E-state index in [9.17, 15) is 9.59 Å². The number of hydrogen-bond acceptors (Lipinski definition) is 3. The molecule has 1 aromatic heterocycles. The molecular formula is C17H27N3O2. The zero-order chi connectivity index (χ0) is 16.1. The van der Waals surface area contributed by atoms with Gasteiger partial charge in [-0.2, -0.15) is 5.10 Å². The monoisotopic (exact) mass is 305 g/mol. The highest BCUT2D eigenvalue weighted by Crippen LogP contribution is 2.26. The Morgan fingerprint density at radius 1 is 1.32 bits per heavy atom. The van der Waals surface area contributed by atoms with Gasteiger partial charge >= 0.3 is 0 Å². The molecule has 1 aliphatic carbocycles. The van der Waals surface area contributed by atoms with Crippen molar-refractivity contribution >= 4 is 5.91 Å². The smallest absolute Gasteiger partial charge is 0.274 e. The van der Waals surface area contributed by atoms with Crippen LogP contribution in [-0.2, 0) is 6.54 Å². The maximum atomic E-state index is 12.6. The Labute approximate surface area is 132 Å². The lowest BCUT2D eigenvalue weighted by Crippen LogP contribution is -2.40. The summed E-state index contributed by atoms with van der Waals surface area (Å²) >= 11 is 0. The van der Waals surface area contributed by atoms with Crippen LogP contribution in [0.3, 0.4) is 0 Å². The van der Waals surface area contributed by atoms with Gasteiger partial charge in [0.05, 0.1) is 0 Å². The normalized spacial score (nSPS) is 21.6. The van der Waals surface area contributed by atoms with E-state index in [2.05, 4.69) is 18.9 Å². The molecule has 1 aliphatic rings. The number of carbonyl (C=O) groups is 1. The maximum Gasteiger partial charge on any atom is 0.274 e. The number of carbonyl (C=O) groups excluding carboxylic acids is 1. The quantitative estimate of drug-likeness (QED) is 0.840. The Bertz CT molecular complexity index is 559. The van der Waals surface area contributed by atoms with Gasteiger partial charge in [-0.25, -0.2) is 4.68 Å². The van der Waals surface area contributed by atoms with E-state index in [4.69, 9.17) is 0 Å². The fourth-order valence-electron chi connectivity index (χ4n) is 3.01. The SMILES string of the molecule is CCCCn1nc(C(=O)N(C)C2CCC(C)CC2)ccc1=O. The average molecular weight is 305 g/mol. The Kier molecular flexibility index (Phi) is 5.75. The summed E-state index contributed by atoms with van der Waals surface area (Å²) in [7, 11) is 1.85. The molecule has 122 valence electrons. The van der Waals surface area contributed by atoms with Crippen LogP contribution in [-0.4, -0.2) is 33.7 Å². The molecule has 0 aromatic carbocycles. The first-order valence-corrected chi connectivity index (χ1v) is 8.38. The number of aromatic nitrogens is 2. The molecule has 0 N–H and O–H groups in total. The molecule has 1 fully saturated rings. The van der Waals surface area contributed by atoms with Crippen molar-refractivity contribution < 1.29 is 4.79 Å². The molecule has 0 radical (unpaired) electrons. The molecule has 1 aromatic rings. The molecule has 5 nitrogen and oxygen atoms in total. The van der Waals surface area contributed by atoms with Crippen LogP contribution in [0.1, 0.15) is 62.9 Å². The van der Waals surface area contributed by atoms with Crippen molar-refractivity contribution in [3.8, 4) is 0 Å². The van der Waals surface area contributed by atoms with E-state index in [1.807, 2.05) is 11.9 Å². The highest BCUT2D eigenvalue weighted by Gasteiger charge is 2.26. The van der Waals surface area contributed by atoms with E-state index >= 15 is 0 Å². The topological polar surface area (TPSA) is 55.2 Å². The fourth-order valence-corrected chi connectivity index (χ4v) is 3.01. The highest BCUT2D eigenvalue weighted by atomic mass is 16.2. The van der Waals surface area contributed by atoms with E-state index in [0.29, 0.717) is 18.3 Å². The molecule has 1 amide bonds. The summed E-state index contributed by atoms with van der Waals surface area (Å²) in [5, 5.41) is 4.25. The van der Waals surface area contributed by atoms with Gasteiger partial charge in [-0.05, 0) is 44.1 Å². The van der Waals surface area contributed by atoms with Crippen molar-refractivity contribution in [3.05, 3.63) is 28.2 Å². The second kappa shape index (κ2) is 7.56. The Balaban J connectivity index is 2.09. The van der Waals surface area contributed by atoms with Gasteiger partial charge in [0.2, 0.25) is 0 Å². The summed E-state index contributed by atoms with van der Waals surface area (Å²) in [4.78, 5) is 26.2. The summed E-state index contributed by atoms with van der Waals surface area (Å²) in [6.45, 7) is 4.90. The molecule has 0 saturated heterocycles. The number of unbranched alkanes of at least 4 members (excludes halogenated alkanes) is 1. The first-order valence-electron chi connectivity index (χ1n) is 8.38. The van der Waals surface area contributed by atoms with Gasteiger partial charge in [0, 0.05) is 25.7 Å². The van der Waals surface area contributed by atoms with Crippen molar-refractivity contribution in [2.45, 2.75) is 65.0 Å². The van der Waals surface area contributed by atoms with Gasteiger partial charge in [0.1, 0.15) is 5.69 Å². The Morgan fingerprint density at radius 3 is 2.64 bits per heavy atom. The van der Waals surface area contributed by atoms with Crippen LogP contribution in [0.15, 0.2) is 16.9 Å². The summed E-state index contributed by atoms with van der Waals surface area (Å²) in [5.74, 6) is 0.679. The molecule has 0 unspecified atom stereocenters. The third-order valence-corrected chi connectivity index (χ3v) is 4.66. The standard InChI is InChI=1S/C17H27N3O2/c1-4-5-12-20-16(21)11-10-15(18-20)17(22)19(3)14-8-6-13(2)7-9-14/h10-11,13-14H,4-9,12H2,1-3H3. The molecule has 0 spiro atoms. The van der Waals surface area contributed by atoms with Crippen LogP contribution < -0.4 is 5.56 Å². The first-order chi connectivity index (χ1) is 10.5. The van der Waals surface area contributed by atoms with Crippen molar-refractivity contribution in [2.75, 3.05) is 7.05 Å². The predicted molar refractivity (Wildman–Crippen MR) is 86.9 cm³/mol. The average Bonchev–Trinajstić information content (AvgIpc) is 2.53. The molecule has 0 atom stereocenters. The molecular weight excluding hydrogens is 278 g/mol. The van der Waals surface area contributed by atoms with E-state index in [1.54, 1.807) is 6.07 Å². The number of nitrogens with zero attached hydrogens (tertiary/aromatic N) is 3. The highest BCUT2D eigenvalue weighted by molar-refractivity contribution is 5.92. The molecule has 2 rings (SSSR count). The second-order valence-corrected chi connectivity index (χ2v) is 6.46. The molecule has 1 heterocycles. The summed E-state index contributed by atoms with van der Waals surface area (Å²) in [5.41, 5.74) is 0.232. The minimum absolute atomic E-state index is 0.0789. The van der Waals surface area contributed by atoms with Crippen molar-refractivity contribution in [1.82, 2.24) is 14.7 Å². The summed E-state index contributed by atoms with van der Waals surface area (Å²) in [6, 6.07) is 3.29. The lowest BCUT2D eigenvalue weighted by atomic mass is 9.86. The Hall–Kier alpha value is -1.65. The number of aryl methyl sites for hydroxylation is 1. The second-order valence-electron chi connectivity index (χ2n) is 6.46. The number of hydrogen-bond donors (Lipinski definition) is 0. The van der Waals surface area contributed by atoms with Crippen LogP contribution in [0.4, 0.5) is 0 Å². The first kappa shape index (κ1) is 16.7. The minimum Gasteiger partial charge on any atom is -0.337 e. The van der Waals surface area contributed by atoms with Gasteiger partial charge in [-0.15, -0.1) is 0 Å². The van der Waals surface area contributed by atoms with Crippen LogP contribution in [0.25, 0.3) is 0 Å².